The van der Waals surface area contributed by atoms with E-state index in [0.717, 1.165) is 12.6 Å². The van der Waals surface area contributed by atoms with Crippen molar-refractivity contribution >= 4 is 15.9 Å². The van der Waals surface area contributed by atoms with E-state index >= 15 is 0 Å². The number of rotatable bonds is 4. The number of aromatic nitrogens is 3. The van der Waals surface area contributed by atoms with E-state index in [4.69, 9.17) is 0 Å². The first-order chi connectivity index (χ1) is 8.65. The van der Waals surface area contributed by atoms with Gasteiger partial charge in [0, 0.05) is 18.3 Å². The number of aliphatic hydroxyl groups excluding tert-OH is 1. The van der Waals surface area contributed by atoms with E-state index in [2.05, 4.69) is 26.0 Å². The van der Waals surface area contributed by atoms with Crippen LogP contribution in [0.4, 0.5) is 4.39 Å². The van der Waals surface area contributed by atoms with Crippen LogP contribution in [0.2, 0.25) is 0 Å². The molecule has 4 nitrogen and oxygen atoms in total. The highest BCUT2D eigenvalue weighted by molar-refractivity contribution is 9.10. The van der Waals surface area contributed by atoms with Crippen LogP contribution >= 0.6 is 15.9 Å². The van der Waals surface area contributed by atoms with Crippen molar-refractivity contribution in [3.8, 4) is 0 Å². The van der Waals surface area contributed by atoms with E-state index in [-0.39, 0.29) is 5.56 Å². The summed E-state index contributed by atoms with van der Waals surface area (Å²) in [5.41, 5.74) is 0.755. The molecule has 1 atom stereocenters. The lowest BCUT2D eigenvalue weighted by Crippen LogP contribution is -2.12. The largest absolute Gasteiger partial charge is 0.382 e. The number of aryl methyl sites for hydroxylation is 1. The normalized spacial score (nSPS) is 12.7. The van der Waals surface area contributed by atoms with Crippen molar-refractivity contribution in [2.24, 2.45) is 0 Å². The molecule has 6 heteroatoms. The fourth-order valence-electron chi connectivity index (χ4n) is 1.79. The molecule has 18 heavy (non-hydrogen) atoms. The van der Waals surface area contributed by atoms with Gasteiger partial charge < -0.3 is 5.11 Å². The third-order valence-corrected chi connectivity index (χ3v) is 3.24. The predicted octanol–water partition coefficient (Wildman–Crippen LogP) is 2.67. The summed E-state index contributed by atoms with van der Waals surface area (Å²) in [4.78, 5) is 3.67. The maximum atomic E-state index is 13.6. The van der Waals surface area contributed by atoms with Crippen molar-refractivity contribution in [3.05, 3.63) is 46.2 Å². The van der Waals surface area contributed by atoms with Gasteiger partial charge in [0.2, 0.25) is 0 Å². The fraction of sp³-hybridized carbons (Fsp3) is 0.333. The lowest BCUT2D eigenvalue weighted by molar-refractivity contribution is 0.201. The van der Waals surface area contributed by atoms with Gasteiger partial charge in [0.25, 0.3) is 0 Å². The van der Waals surface area contributed by atoms with Gasteiger partial charge in [0.15, 0.2) is 0 Å². The second-order valence-electron chi connectivity index (χ2n) is 3.90. The van der Waals surface area contributed by atoms with Gasteiger partial charge in [0.05, 0.1) is 22.6 Å². The first-order valence-electron chi connectivity index (χ1n) is 5.63. The van der Waals surface area contributed by atoms with E-state index in [9.17, 15) is 9.50 Å². The van der Waals surface area contributed by atoms with Crippen LogP contribution in [0.25, 0.3) is 0 Å². The van der Waals surface area contributed by atoms with Crippen LogP contribution in [-0.4, -0.2) is 19.9 Å². The molecule has 1 unspecified atom stereocenters. The highest BCUT2D eigenvalue weighted by Crippen LogP contribution is 2.29. The van der Waals surface area contributed by atoms with Crippen molar-refractivity contribution < 1.29 is 9.50 Å². The number of pyridine rings is 1. The Bertz CT molecular complexity index is 544. The van der Waals surface area contributed by atoms with Crippen molar-refractivity contribution in [2.75, 3.05) is 0 Å². The van der Waals surface area contributed by atoms with E-state index in [0.29, 0.717) is 16.7 Å². The molecule has 0 saturated heterocycles. The third-order valence-electron chi connectivity index (χ3n) is 2.63. The summed E-state index contributed by atoms with van der Waals surface area (Å²) in [6.45, 7) is 2.68. The minimum atomic E-state index is -1.06. The summed E-state index contributed by atoms with van der Waals surface area (Å²) in [7, 11) is 0. The Morgan fingerprint density at radius 3 is 2.94 bits per heavy atom. The molecule has 0 radical (unpaired) electrons. The van der Waals surface area contributed by atoms with E-state index in [1.54, 1.807) is 10.9 Å². The molecule has 2 rings (SSSR count). The number of aliphatic hydroxyl groups is 1. The molecule has 0 amide bonds. The first kappa shape index (κ1) is 13.2. The molecule has 1 N–H and O–H groups in total. The molecule has 0 spiro atoms. The lowest BCUT2D eigenvalue weighted by Gasteiger charge is -2.14. The van der Waals surface area contributed by atoms with Gasteiger partial charge in [-0.05, 0) is 28.4 Å². The summed E-state index contributed by atoms with van der Waals surface area (Å²) in [5, 5.41) is 14.4. The quantitative estimate of drug-likeness (QED) is 0.944. The van der Waals surface area contributed by atoms with Gasteiger partial charge in [-0.1, -0.05) is 6.92 Å². The average Bonchev–Trinajstić information content (AvgIpc) is 2.71. The van der Waals surface area contributed by atoms with Crippen LogP contribution < -0.4 is 0 Å². The Morgan fingerprint density at radius 1 is 1.50 bits per heavy atom. The standard InChI is InChI=1S/C12H13BrFN3O/c1-2-5-17-11(9(13)6-16-17)12(18)8-3-4-15-7-10(8)14/h3-4,6-7,12,18H,2,5H2,1H3. The molecule has 0 aromatic carbocycles. The van der Waals surface area contributed by atoms with Crippen molar-refractivity contribution in [1.82, 2.24) is 14.8 Å². The van der Waals surface area contributed by atoms with E-state index in [1.807, 2.05) is 6.92 Å². The Labute approximate surface area is 113 Å². The van der Waals surface area contributed by atoms with Crippen LogP contribution in [0.3, 0.4) is 0 Å². The number of halogens is 2. The Hall–Kier alpha value is -1.27. The molecule has 0 aliphatic rings. The monoisotopic (exact) mass is 313 g/mol. The van der Waals surface area contributed by atoms with Crippen molar-refractivity contribution in [1.29, 1.82) is 0 Å². The van der Waals surface area contributed by atoms with Crippen LogP contribution in [0.5, 0.6) is 0 Å². The molecule has 2 aromatic rings. The highest BCUT2D eigenvalue weighted by atomic mass is 79.9. The zero-order valence-electron chi connectivity index (χ0n) is 9.85. The van der Waals surface area contributed by atoms with Crippen molar-refractivity contribution in [2.45, 2.75) is 26.0 Å². The topological polar surface area (TPSA) is 50.9 Å². The molecule has 0 saturated carbocycles. The average molecular weight is 314 g/mol. The maximum Gasteiger partial charge on any atom is 0.147 e. The van der Waals surface area contributed by atoms with Crippen LogP contribution in [-0.2, 0) is 6.54 Å². The van der Waals surface area contributed by atoms with Gasteiger partial charge in [0.1, 0.15) is 11.9 Å². The minimum Gasteiger partial charge on any atom is -0.382 e. The highest BCUT2D eigenvalue weighted by Gasteiger charge is 2.21. The van der Waals surface area contributed by atoms with Crippen molar-refractivity contribution in [3.63, 3.8) is 0 Å². The van der Waals surface area contributed by atoms with Gasteiger partial charge >= 0.3 is 0 Å². The van der Waals surface area contributed by atoms with Gasteiger partial charge in [-0.2, -0.15) is 5.10 Å². The zero-order valence-corrected chi connectivity index (χ0v) is 11.4. The summed E-state index contributed by atoms with van der Waals surface area (Å²) in [6, 6.07) is 1.47. The summed E-state index contributed by atoms with van der Waals surface area (Å²) in [5.74, 6) is -0.527. The summed E-state index contributed by atoms with van der Waals surface area (Å²) >= 11 is 3.33. The lowest BCUT2D eigenvalue weighted by atomic mass is 10.1. The third kappa shape index (κ3) is 2.44. The maximum absolute atomic E-state index is 13.6. The van der Waals surface area contributed by atoms with Gasteiger partial charge in [-0.3, -0.25) is 9.67 Å². The minimum absolute atomic E-state index is 0.198. The Morgan fingerprint density at radius 2 is 2.28 bits per heavy atom. The Balaban J connectivity index is 2.42. The summed E-state index contributed by atoms with van der Waals surface area (Å²) in [6.07, 6.45) is 3.97. The number of nitrogens with zero attached hydrogens (tertiary/aromatic N) is 3. The molecular formula is C12H13BrFN3O. The molecule has 2 heterocycles. The molecular weight excluding hydrogens is 301 g/mol. The van der Waals surface area contributed by atoms with Gasteiger partial charge in [-0.15, -0.1) is 0 Å². The zero-order chi connectivity index (χ0) is 13.1. The fourth-order valence-corrected chi connectivity index (χ4v) is 2.30. The van der Waals surface area contributed by atoms with E-state index in [1.165, 1.54) is 12.3 Å². The van der Waals surface area contributed by atoms with Crippen LogP contribution in [0.1, 0.15) is 30.7 Å². The first-order valence-corrected chi connectivity index (χ1v) is 6.43. The predicted molar refractivity (Wildman–Crippen MR) is 68.5 cm³/mol. The van der Waals surface area contributed by atoms with Crippen LogP contribution in [0, 0.1) is 5.82 Å². The Kier molecular flexibility index (Phi) is 4.08. The molecule has 0 fully saturated rings. The number of hydrogen-bond acceptors (Lipinski definition) is 3. The molecule has 2 aromatic heterocycles. The molecule has 96 valence electrons. The molecule has 0 bridgehead atoms. The van der Waals surface area contributed by atoms with Crippen LogP contribution in [0.15, 0.2) is 29.1 Å². The number of hydrogen-bond donors (Lipinski definition) is 1. The van der Waals surface area contributed by atoms with Gasteiger partial charge in [-0.25, -0.2) is 4.39 Å². The second kappa shape index (κ2) is 5.58. The SMILES string of the molecule is CCCn1ncc(Br)c1C(O)c1ccncc1F. The van der Waals surface area contributed by atoms with E-state index < -0.39 is 11.9 Å². The second-order valence-corrected chi connectivity index (χ2v) is 4.75. The molecule has 0 aliphatic carbocycles. The smallest absolute Gasteiger partial charge is 0.147 e. The molecule has 0 aliphatic heterocycles. The summed E-state index contributed by atoms with van der Waals surface area (Å²) < 4.78 is 16.0.